The Morgan fingerprint density at radius 2 is 1.96 bits per heavy atom. The molecule has 4 rings (SSSR count). The first-order valence-electron chi connectivity index (χ1n) is 8.55. The standard InChI is InChI=1S/C19H19N5O2/c1-23-17(25)8-7-14(18(23)13-5-3-2-4-6-13)19(26)22-16-9-11-20-15-10-12-21-24(15)16/h2-6,9-12,14,18H,7-8H2,1H3,(H,22,26). The summed E-state index contributed by atoms with van der Waals surface area (Å²) in [6, 6.07) is 12.9. The lowest BCUT2D eigenvalue weighted by Gasteiger charge is -2.38. The Kier molecular flexibility index (Phi) is 4.12. The summed E-state index contributed by atoms with van der Waals surface area (Å²) in [5.74, 6) is 0.165. The van der Waals surface area contributed by atoms with Gasteiger partial charge >= 0.3 is 0 Å². The monoisotopic (exact) mass is 349 g/mol. The summed E-state index contributed by atoms with van der Waals surface area (Å²) < 4.78 is 1.59. The van der Waals surface area contributed by atoms with Gasteiger partial charge < -0.3 is 10.2 Å². The minimum atomic E-state index is -0.334. The van der Waals surface area contributed by atoms with Crippen LogP contribution in [0.1, 0.15) is 24.4 Å². The van der Waals surface area contributed by atoms with Crippen molar-refractivity contribution in [3.05, 3.63) is 60.4 Å². The van der Waals surface area contributed by atoms with Crippen molar-refractivity contribution >= 4 is 23.3 Å². The lowest BCUT2D eigenvalue weighted by molar-refractivity contribution is -0.140. The molecule has 1 aliphatic rings. The fourth-order valence-electron chi connectivity index (χ4n) is 3.57. The number of piperidine rings is 1. The highest BCUT2D eigenvalue weighted by Gasteiger charge is 2.38. The summed E-state index contributed by atoms with van der Waals surface area (Å²) in [5.41, 5.74) is 1.63. The summed E-state index contributed by atoms with van der Waals surface area (Å²) in [7, 11) is 1.76. The molecule has 2 unspecified atom stereocenters. The van der Waals surface area contributed by atoms with Gasteiger partial charge in [-0.15, -0.1) is 0 Å². The van der Waals surface area contributed by atoms with E-state index in [1.54, 1.807) is 41.0 Å². The molecule has 3 heterocycles. The highest BCUT2D eigenvalue weighted by Crippen LogP contribution is 2.36. The van der Waals surface area contributed by atoms with E-state index in [9.17, 15) is 9.59 Å². The molecule has 0 spiro atoms. The first-order chi connectivity index (χ1) is 12.6. The number of rotatable bonds is 3. The van der Waals surface area contributed by atoms with Crippen LogP contribution in [0.3, 0.4) is 0 Å². The maximum atomic E-state index is 13.1. The van der Waals surface area contributed by atoms with Gasteiger partial charge in [0.15, 0.2) is 5.65 Å². The molecule has 132 valence electrons. The maximum Gasteiger partial charge on any atom is 0.231 e. The predicted molar refractivity (Wildman–Crippen MR) is 96.3 cm³/mol. The average molecular weight is 349 g/mol. The number of amides is 2. The third-order valence-corrected chi connectivity index (χ3v) is 4.88. The van der Waals surface area contributed by atoms with Crippen molar-refractivity contribution < 1.29 is 9.59 Å². The predicted octanol–water partition coefficient (Wildman–Crippen LogP) is 2.28. The molecule has 1 fully saturated rings. The first kappa shape index (κ1) is 16.3. The topological polar surface area (TPSA) is 79.6 Å². The molecule has 0 radical (unpaired) electrons. The van der Waals surface area contributed by atoms with Gasteiger partial charge in [-0.2, -0.15) is 9.61 Å². The normalized spacial score (nSPS) is 20.3. The number of nitrogens with zero attached hydrogens (tertiary/aromatic N) is 4. The Labute approximate surface area is 150 Å². The second-order valence-corrected chi connectivity index (χ2v) is 6.43. The third-order valence-electron chi connectivity index (χ3n) is 4.88. The summed E-state index contributed by atoms with van der Waals surface area (Å²) in [6.07, 6.45) is 4.16. The number of hydrogen-bond acceptors (Lipinski definition) is 4. The highest BCUT2D eigenvalue weighted by atomic mass is 16.2. The number of hydrogen-bond donors (Lipinski definition) is 1. The zero-order valence-electron chi connectivity index (χ0n) is 14.4. The molecule has 0 bridgehead atoms. The van der Waals surface area contributed by atoms with Gasteiger partial charge in [-0.3, -0.25) is 9.59 Å². The van der Waals surface area contributed by atoms with Gasteiger partial charge in [0.2, 0.25) is 11.8 Å². The van der Waals surface area contributed by atoms with Gasteiger partial charge in [-0.1, -0.05) is 30.3 Å². The van der Waals surface area contributed by atoms with Crippen molar-refractivity contribution in [2.45, 2.75) is 18.9 Å². The molecule has 1 aliphatic heterocycles. The molecule has 1 N–H and O–H groups in total. The fraction of sp³-hybridized carbons (Fsp3) is 0.263. The number of likely N-dealkylation sites (tertiary alicyclic amines) is 1. The van der Waals surface area contributed by atoms with Crippen molar-refractivity contribution in [2.75, 3.05) is 12.4 Å². The van der Waals surface area contributed by atoms with Crippen LogP contribution in [0.15, 0.2) is 54.9 Å². The Morgan fingerprint density at radius 1 is 1.15 bits per heavy atom. The van der Waals surface area contributed by atoms with E-state index < -0.39 is 0 Å². The van der Waals surface area contributed by atoms with E-state index in [2.05, 4.69) is 15.4 Å². The molecular weight excluding hydrogens is 330 g/mol. The average Bonchev–Trinajstić information content (AvgIpc) is 3.14. The number of carbonyl (C=O) groups is 2. The van der Waals surface area contributed by atoms with Gasteiger partial charge in [0.25, 0.3) is 0 Å². The van der Waals surface area contributed by atoms with Gasteiger partial charge in [0, 0.05) is 25.7 Å². The molecule has 2 amide bonds. The van der Waals surface area contributed by atoms with Crippen LogP contribution in [0.4, 0.5) is 5.82 Å². The van der Waals surface area contributed by atoms with Gasteiger partial charge in [0.1, 0.15) is 5.82 Å². The maximum absolute atomic E-state index is 13.1. The largest absolute Gasteiger partial charge is 0.338 e. The molecular formula is C19H19N5O2. The number of anilines is 1. The second kappa shape index (κ2) is 6.59. The van der Waals surface area contributed by atoms with Crippen molar-refractivity contribution in [3.8, 4) is 0 Å². The van der Waals surface area contributed by atoms with Gasteiger partial charge in [-0.25, -0.2) is 4.98 Å². The lowest BCUT2D eigenvalue weighted by Crippen LogP contribution is -2.44. The Hall–Kier alpha value is -3.22. The van der Waals surface area contributed by atoms with E-state index in [0.717, 1.165) is 5.56 Å². The molecule has 26 heavy (non-hydrogen) atoms. The Balaban J connectivity index is 1.65. The number of fused-ring (bicyclic) bond motifs is 1. The van der Waals surface area contributed by atoms with Crippen LogP contribution in [-0.2, 0) is 9.59 Å². The van der Waals surface area contributed by atoms with Gasteiger partial charge in [0.05, 0.1) is 18.2 Å². The number of benzene rings is 1. The molecule has 0 saturated carbocycles. The van der Waals surface area contributed by atoms with Crippen LogP contribution < -0.4 is 5.32 Å². The number of nitrogens with one attached hydrogen (secondary N) is 1. The van der Waals surface area contributed by atoms with Crippen molar-refractivity contribution in [2.24, 2.45) is 5.92 Å². The highest BCUT2D eigenvalue weighted by molar-refractivity contribution is 5.94. The van der Waals surface area contributed by atoms with Crippen molar-refractivity contribution in [1.82, 2.24) is 19.5 Å². The van der Waals surface area contributed by atoms with E-state index in [-0.39, 0.29) is 23.8 Å². The van der Waals surface area contributed by atoms with E-state index in [1.165, 1.54) is 0 Å². The quantitative estimate of drug-likeness (QED) is 0.787. The van der Waals surface area contributed by atoms with Crippen LogP contribution in [0.25, 0.3) is 5.65 Å². The SMILES string of the molecule is CN1C(=O)CCC(C(=O)Nc2ccnc3ccnn23)C1c1ccccc1. The molecule has 3 aromatic rings. The van der Waals surface area contributed by atoms with E-state index in [1.807, 2.05) is 30.3 Å². The van der Waals surface area contributed by atoms with Crippen LogP contribution in [-0.4, -0.2) is 38.4 Å². The zero-order chi connectivity index (χ0) is 18.1. The summed E-state index contributed by atoms with van der Waals surface area (Å²) >= 11 is 0. The summed E-state index contributed by atoms with van der Waals surface area (Å²) in [5, 5.41) is 7.16. The van der Waals surface area contributed by atoms with Crippen LogP contribution in [0, 0.1) is 5.92 Å². The van der Waals surface area contributed by atoms with Crippen LogP contribution >= 0.6 is 0 Å². The molecule has 2 atom stereocenters. The minimum absolute atomic E-state index is 0.0567. The van der Waals surface area contributed by atoms with Gasteiger partial charge in [-0.05, 0) is 18.1 Å². The molecule has 7 heteroatoms. The zero-order valence-corrected chi connectivity index (χ0v) is 14.4. The second-order valence-electron chi connectivity index (χ2n) is 6.43. The summed E-state index contributed by atoms with van der Waals surface area (Å²) in [4.78, 5) is 31.2. The molecule has 0 aliphatic carbocycles. The van der Waals surface area contributed by atoms with Crippen molar-refractivity contribution in [1.29, 1.82) is 0 Å². The first-order valence-corrected chi connectivity index (χ1v) is 8.55. The smallest absolute Gasteiger partial charge is 0.231 e. The number of carbonyl (C=O) groups excluding carboxylic acids is 2. The molecule has 2 aromatic heterocycles. The molecule has 7 nitrogen and oxygen atoms in total. The number of aromatic nitrogens is 3. The van der Waals surface area contributed by atoms with E-state index in [0.29, 0.717) is 24.3 Å². The summed E-state index contributed by atoms with van der Waals surface area (Å²) in [6.45, 7) is 0. The fourth-order valence-corrected chi connectivity index (χ4v) is 3.57. The Morgan fingerprint density at radius 3 is 2.77 bits per heavy atom. The molecule has 1 aromatic carbocycles. The van der Waals surface area contributed by atoms with Crippen molar-refractivity contribution in [3.63, 3.8) is 0 Å². The van der Waals surface area contributed by atoms with E-state index >= 15 is 0 Å². The van der Waals surface area contributed by atoms with Crippen LogP contribution in [0.5, 0.6) is 0 Å². The minimum Gasteiger partial charge on any atom is -0.338 e. The lowest BCUT2D eigenvalue weighted by atomic mass is 9.84. The molecule has 1 saturated heterocycles. The Bertz CT molecular complexity index is 953. The third kappa shape index (κ3) is 2.81. The van der Waals surface area contributed by atoms with Crippen LogP contribution in [0.2, 0.25) is 0 Å². The van der Waals surface area contributed by atoms with E-state index in [4.69, 9.17) is 0 Å².